The van der Waals surface area contributed by atoms with Crippen molar-refractivity contribution < 1.29 is 30.8 Å². The summed E-state index contributed by atoms with van der Waals surface area (Å²) in [6, 6.07) is 9.97. The highest BCUT2D eigenvalue weighted by molar-refractivity contribution is 7.89. The summed E-state index contributed by atoms with van der Waals surface area (Å²) in [5, 5.41) is 2.64. The molecule has 1 aliphatic heterocycles. The third-order valence-electron chi connectivity index (χ3n) is 5.61. The van der Waals surface area contributed by atoms with Crippen molar-refractivity contribution in [2.75, 3.05) is 6.54 Å². The van der Waals surface area contributed by atoms with Gasteiger partial charge in [0.25, 0.3) is 0 Å². The molecule has 2 aromatic carbocycles. The maximum Gasteiger partial charge on any atom is 0.416 e. The summed E-state index contributed by atoms with van der Waals surface area (Å²) in [6.45, 7) is 0.0272. The minimum atomic E-state index is -4.45. The van der Waals surface area contributed by atoms with Crippen LogP contribution in [0.5, 0.6) is 0 Å². The number of sulfonamides is 1. The zero-order valence-electron chi connectivity index (χ0n) is 18.2. The first-order valence-electron chi connectivity index (χ1n) is 10.6. The van der Waals surface area contributed by atoms with Crippen molar-refractivity contribution in [1.82, 2.24) is 19.6 Å². The van der Waals surface area contributed by atoms with Crippen molar-refractivity contribution >= 4 is 15.9 Å². The number of halogens is 4. The number of rotatable bonds is 6. The van der Waals surface area contributed by atoms with Gasteiger partial charge in [0.1, 0.15) is 23.1 Å². The number of amides is 1. The van der Waals surface area contributed by atoms with Crippen LogP contribution in [0, 0.1) is 5.82 Å². The SMILES string of the molecule is O=C(NCc1cc(-c2ccc(C(F)(F)F)cc2)ncn1)C1CCCN1S(=O)(=O)c1ccccc1F. The highest BCUT2D eigenvalue weighted by atomic mass is 32.2. The molecule has 35 heavy (non-hydrogen) atoms. The molecule has 7 nitrogen and oxygen atoms in total. The molecule has 1 saturated heterocycles. The molecule has 1 aromatic heterocycles. The van der Waals surface area contributed by atoms with E-state index >= 15 is 0 Å². The molecule has 1 unspecified atom stereocenters. The number of hydrogen-bond acceptors (Lipinski definition) is 5. The van der Waals surface area contributed by atoms with Gasteiger partial charge in [0.15, 0.2) is 0 Å². The van der Waals surface area contributed by atoms with Crippen LogP contribution < -0.4 is 5.32 Å². The summed E-state index contributed by atoms with van der Waals surface area (Å²) < 4.78 is 79.4. The average molecular weight is 508 g/mol. The highest BCUT2D eigenvalue weighted by Gasteiger charge is 2.40. The largest absolute Gasteiger partial charge is 0.416 e. The molecule has 184 valence electrons. The van der Waals surface area contributed by atoms with E-state index < -0.39 is 44.4 Å². The van der Waals surface area contributed by atoms with Gasteiger partial charge in [0.2, 0.25) is 15.9 Å². The predicted molar refractivity (Wildman–Crippen MR) is 118 cm³/mol. The Labute approximate surface area is 198 Å². The van der Waals surface area contributed by atoms with E-state index in [-0.39, 0.29) is 19.5 Å². The summed E-state index contributed by atoms with van der Waals surface area (Å²) in [4.78, 5) is 20.5. The van der Waals surface area contributed by atoms with Crippen molar-refractivity contribution in [3.05, 3.63) is 78.0 Å². The van der Waals surface area contributed by atoms with Crippen LogP contribution in [-0.4, -0.2) is 41.2 Å². The minimum absolute atomic E-state index is 0.0565. The maximum absolute atomic E-state index is 14.1. The standard InChI is InChI=1S/C23H20F4N4O3S/c24-18-4-1-2-6-21(18)35(33,34)31-11-3-5-20(31)22(32)28-13-17-12-19(30-14-29-17)15-7-9-16(10-8-15)23(25,26)27/h1-2,4,6-10,12,14,20H,3,5,11,13H2,(H,28,32). The van der Waals surface area contributed by atoms with E-state index in [1.54, 1.807) is 0 Å². The van der Waals surface area contributed by atoms with Gasteiger partial charge < -0.3 is 5.32 Å². The Morgan fingerprint density at radius 1 is 1.09 bits per heavy atom. The zero-order chi connectivity index (χ0) is 25.2. The van der Waals surface area contributed by atoms with Crippen LogP contribution in [0.15, 0.2) is 65.8 Å². The minimum Gasteiger partial charge on any atom is -0.349 e. The second-order valence-electron chi connectivity index (χ2n) is 7.89. The summed E-state index contributed by atoms with van der Waals surface area (Å²) >= 11 is 0. The molecule has 0 radical (unpaired) electrons. The molecule has 0 aliphatic carbocycles. The van der Waals surface area contributed by atoms with Crippen LogP contribution in [0.2, 0.25) is 0 Å². The van der Waals surface area contributed by atoms with Gasteiger partial charge in [0.05, 0.1) is 23.5 Å². The Hall–Kier alpha value is -3.38. The van der Waals surface area contributed by atoms with Crippen molar-refractivity contribution in [2.45, 2.75) is 36.5 Å². The Morgan fingerprint density at radius 2 is 1.80 bits per heavy atom. The monoisotopic (exact) mass is 508 g/mol. The predicted octanol–water partition coefficient (Wildman–Crippen LogP) is 3.77. The van der Waals surface area contributed by atoms with Crippen molar-refractivity contribution in [3.63, 3.8) is 0 Å². The van der Waals surface area contributed by atoms with E-state index in [1.807, 2.05) is 0 Å². The average Bonchev–Trinajstić information content (AvgIpc) is 3.34. The van der Waals surface area contributed by atoms with Gasteiger partial charge in [-0.25, -0.2) is 22.8 Å². The van der Waals surface area contributed by atoms with Gasteiger partial charge in [-0.1, -0.05) is 24.3 Å². The van der Waals surface area contributed by atoms with Gasteiger partial charge in [-0.3, -0.25) is 4.79 Å². The second-order valence-corrected chi connectivity index (χ2v) is 9.75. The molecule has 1 aliphatic rings. The normalized spacial score (nSPS) is 16.9. The number of alkyl halides is 3. The first-order chi connectivity index (χ1) is 16.6. The van der Waals surface area contributed by atoms with Crippen LogP contribution in [0.1, 0.15) is 24.1 Å². The molecule has 2 heterocycles. The molecule has 12 heteroatoms. The summed E-state index contributed by atoms with van der Waals surface area (Å²) in [5.74, 6) is -1.45. The lowest BCUT2D eigenvalue weighted by Crippen LogP contribution is -2.45. The van der Waals surface area contributed by atoms with E-state index in [4.69, 9.17) is 0 Å². The lowest BCUT2D eigenvalue weighted by atomic mass is 10.1. The topological polar surface area (TPSA) is 92.3 Å². The molecule has 0 bridgehead atoms. The third kappa shape index (κ3) is 5.33. The van der Waals surface area contributed by atoms with Crippen molar-refractivity contribution in [1.29, 1.82) is 0 Å². The highest BCUT2D eigenvalue weighted by Crippen LogP contribution is 2.31. The number of carbonyl (C=O) groups excluding carboxylic acids is 1. The van der Waals surface area contributed by atoms with Crippen LogP contribution in [0.3, 0.4) is 0 Å². The van der Waals surface area contributed by atoms with E-state index in [2.05, 4.69) is 15.3 Å². The number of carbonyl (C=O) groups is 1. The number of hydrogen-bond donors (Lipinski definition) is 1. The van der Waals surface area contributed by atoms with Gasteiger partial charge >= 0.3 is 6.18 Å². The molecular formula is C23H20F4N4O3S. The third-order valence-corrected chi connectivity index (χ3v) is 7.55. The van der Waals surface area contributed by atoms with Crippen molar-refractivity contribution in [2.24, 2.45) is 0 Å². The summed E-state index contributed by atoms with van der Waals surface area (Å²) in [7, 11) is -4.21. The van der Waals surface area contributed by atoms with Gasteiger partial charge in [-0.2, -0.15) is 17.5 Å². The van der Waals surface area contributed by atoms with Crippen LogP contribution in [-0.2, 0) is 27.5 Å². The number of aromatic nitrogens is 2. The van der Waals surface area contributed by atoms with Crippen molar-refractivity contribution in [3.8, 4) is 11.3 Å². The molecule has 1 N–H and O–H groups in total. The zero-order valence-corrected chi connectivity index (χ0v) is 19.0. The smallest absolute Gasteiger partial charge is 0.349 e. The molecule has 1 amide bonds. The van der Waals surface area contributed by atoms with E-state index in [9.17, 15) is 30.8 Å². The fourth-order valence-electron chi connectivity index (χ4n) is 3.85. The molecule has 1 atom stereocenters. The van der Waals surface area contributed by atoms with Gasteiger partial charge in [-0.15, -0.1) is 0 Å². The van der Waals surface area contributed by atoms with E-state index in [1.165, 1.54) is 36.7 Å². The summed E-state index contributed by atoms with van der Waals surface area (Å²) in [5.41, 5.74) is 0.396. The molecule has 1 fully saturated rings. The molecule has 4 rings (SSSR count). The maximum atomic E-state index is 14.1. The molecule has 3 aromatic rings. The van der Waals surface area contributed by atoms with Crippen LogP contribution >= 0.6 is 0 Å². The summed E-state index contributed by atoms with van der Waals surface area (Å²) in [6.07, 6.45) is -2.51. The molecule has 0 saturated carbocycles. The van der Waals surface area contributed by atoms with Gasteiger partial charge in [-0.05, 0) is 43.2 Å². The lowest BCUT2D eigenvalue weighted by Gasteiger charge is -2.23. The Balaban J connectivity index is 1.45. The lowest BCUT2D eigenvalue weighted by molar-refractivity contribution is -0.137. The number of benzene rings is 2. The number of nitrogens with zero attached hydrogens (tertiary/aromatic N) is 3. The van der Waals surface area contributed by atoms with E-state index in [0.29, 0.717) is 23.4 Å². The first-order valence-corrected chi connectivity index (χ1v) is 12.0. The fraction of sp³-hybridized carbons (Fsp3) is 0.261. The quantitative estimate of drug-likeness (QED) is 0.512. The molecule has 0 spiro atoms. The molecular weight excluding hydrogens is 488 g/mol. The number of nitrogens with one attached hydrogen (secondary N) is 1. The van der Waals surface area contributed by atoms with Crippen LogP contribution in [0.4, 0.5) is 17.6 Å². The fourth-order valence-corrected chi connectivity index (χ4v) is 5.57. The Morgan fingerprint density at radius 3 is 2.49 bits per heavy atom. The Kier molecular flexibility index (Phi) is 6.86. The Bertz CT molecular complexity index is 1330. The van der Waals surface area contributed by atoms with Gasteiger partial charge in [0, 0.05) is 12.1 Å². The second kappa shape index (κ2) is 9.70. The van der Waals surface area contributed by atoms with E-state index in [0.717, 1.165) is 28.6 Å². The first kappa shape index (κ1) is 24.7. The van der Waals surface area contributed by atoms with Crippen LogP contribution in [0.25, 0.3) is 11.3 Å².